The zero-order chi connectivity index (χ0) is 19.5. The van der Waals surface area contributed by atoms with Gasteiger partial charge in [0.05, 0.1) is 0 Å². The molecule has 0 aromatic heterocycles. The first kappa shape index (κ1) is 20.3. The van der Waals surface area contributed by atoms with Gasteiger partial charge in [-0.15, -0.1) is 0 Å². The van der Waals surface area contributed by atoms with Gasteiger partial charge in [0.25, 0.3) is 5.91 Å². The standard InChI is InChI=1S/C21H28N4O2/c1-22-20(27)18-7-3-5-17(15-18)12-14-25-21(23-2)24-13-4-6-16-8-10-19(26)11-9-16/h3,5,7-11,15,26H,4,6,12-14H2,1-2H3,(H,22,27)(H2,23,24,25). The summed E-state index contributed by atoms with van der Waals surface area (Å²) in [7, 11) is 3.38. The lowest BCUT2D eigenvalue weighted by atomic mass is 10.1. The smallest absolute Gasteiger partial charge is 0.251 e. The lowest BCUT2D eigenvalue weighted by molar-refractivity contribution is 0.0963. The molecule has 27 heavy (non-hydrogen) atoms. The molecule has 0 fully saturated rings. The predicted molar refractivity (Wildman–Crippen MR) is 109 cm³/mol. The lowest BCUT2D eigenvalue weighted by Gasteiger charge is -2.12. The molecule has 6 heteroatoms. The molecule has 2 aromatic rings. The Balaban J connectivity index is 1.69. The molecule has 2 rings (SSSR count). The Bertz CT molecular complexity index is 757. The third-order valence-corrected chi connectivity index (χ3v) is 4.22. The molecule has 2 aromatic carbocycles. The number of rotatable bonds is 8. The van der Waals surface area contributed by atoms with Crippen molar-refractivity contribution in [1.82, 2.24) is 16.0 Å². The summed E-state index contributed by atoms with van der Waals surface area (Å²) in [6.45, 7) is 1.54. The maximum Gasteiger partial charge on any atom is 0.251 e. The van der Waals surface area contributed by atoms with Crippen molar-refractivity contribution < 1.29 is 9.90 Å². The first-order valence-corrected chi connectivity index (χ1v) is 9.16. The maximum absolute atomic E-state index is 11.7. The normalized spacial score (nSPS) is 11.1. The Kier molecular flexibility index (Phi) is 8.16. The van der Waals surface area contributed by atoms with Gasteiger partial charge in [0, 0.05) is 32.7 Å². The summed E-state index contributed by atoms with van der Waals surface area (Å²) in [5, 5.41) is 18.5. The fourth-order valence-electron chi connectivity index (χ4n) is 2.72. The molecule has 0 radical (unpaired) electrons. The molecule has 0 saturated carbocycles. The first-order valence-electron chi connectivity index (χ1n) is 9.16. The molecule has 0 unspecified atom stereocenters. The van der Waals surface area contributed by atoms with Gasteiger partial charge in [0.2, 0.25) is 0 Å². The van der Waals surface area contributed by atoms with E-state index in [1.165, 1.54) is 5.56 Å². The van der Waals surface area contributed by atoms with Crippen LogP contribution in [0.15, 0.2) is 53.5 Å². The quantitative estimate of drug-likeness (QED) is 0.327. The number of aromatic hydroxyl groups is 1. The van der Waals surface area contributed by atoms with E-state index >= 15 is 0 Å². The number of phenols is 1. The number of guanidine groups is 1. The van der Waals surface area contributed by atoms with Crippen LogP contribution in [0.4, 0.5) is 0 Å². The molecule has 0 spiro atoms. The van der Waals surface area contributed by atoms with E-state index in [1.807, 2.05) is 36.4 Å². The van der Waals surface area contributed by atoms with Crippen LogP contribution in [0.2, 0.25) is 0 Å². The zero-order valence-corrected chi connectivity index (χ0v) is 16.0. The van der Waals surface area contributed by atoms with Gasteiger partial charge < -0.3 is 21.1 Å². The summed E-state index contributed by atoms with van der Waals surface area (Å²) < 4.78 is 0. The first-order chi connectivity index (χ1) is 13.1. The number of carbonyl (C=O) groups excluding carboxylic acids is 1. The minimum atomic E-state index is -0.0732. The Hall–Kier alpha value is -3.02. The van der Waals surface area contributed by atoms with Crippen LogP contribution in [0, 0.1) is 0 Å². The summed E-state index contributed by atoms with van der Waals surface area (Å²) in [4.78, 5) is 15.9. The molecule has 0 atom stereocenters. The minimum absolute atomic E-state index is 0.0732. The van der Waals surface area contributed by atoms with Crippen molar-refractivity contribution in [3.05, 3.63) is 65.2 Å². The van der Waals surface area contributed by atoms with Gasteiger partial charge in [-0.1, -0.05) is 24.3 Å². The number of amides is 1. The molecule has 0 aliphatic rings. The van der Waals surface area contributed by atoms with Crippen molar-refractivity contribution in [2.45, 2.75) is 19.3 Å². The van der Waals surface area contributed by atoms with E-state index in [0.29, 0.717) is 11.3 Å². The highest BCUT2D eigenvalue weighted by Gasteiger charge is 2.04. The highest BCUT2D eigenvalue weighted by Crippen LogP contribution is 2.10. The maximum atomic E-state index is 11.7. The van der Waals surface area contributed by atoms with Crippen LogP contribution in [0.1, 0.15) is 27.9 Å². The molecule has 0 saturated heterocycles. The van der Waals surface area contributed by atoms with Crippen LogP contribution < -0.4 is 16.0 Å². The average Bonchev–Trinajstić information content (AvgIpc) is 2.70. The number of hydrogen-bond donors (Lipinski definition) is 4. The summed E-state index contributed by atoms with van der Waals surface area (Å²) in [5.41, 5.74) is 2.98. The Morgan fingerprint density at radius 3 is 2.44 bits per heavy atom. The molecule has 1 amide bonds. The summed E-state index contributed by atoms with van der Waals surface area (Å²) >= 11 is 0. The number of phenolic OH excluding ortho intramolecular Hbond substituents is 1. The molecule has 144 valence electrons. The summed E-state index contributed by atoms with van der Waals surface area (Å²) in [5.74, 6) is 0.987. The fraction of sp³-hybridized carbons (Fsp3) is 0.333. The van der Waals surface area contributed by atoms with Gasteiger partial charge in [0.1, 0.15) is 5.75 Å². The Morgan fingerprint density at radius 1 is 1.00 bits per heavy atom. The van der Waals surface area contributed by atoms with Crippen LogP contribution in [0.5, 0.6) is 5.75 Å². The molecule has 0 heterocycles. The summed E-state index contributed by atoms with van der Waals surface area (Å²) in [6, 6.07) is 14.9. The van der Waals surface area contributed by atoms with Gasteiger partial charge >= 0.3 is 0 Å². The van der Waals surface area contributed by atoms with E-state index in [4.69, 9.17) is 0 Å². The van der Waals surface area contributed by atoms with Gasteiger partial charge in [-0.3, -0.25) is 9.79 Å². The van der Waals surface area contributed by atoms with Crippen LogP contribution >= 0.6 is 0 Å². The second-order valence-corrected chi connectivity index (χ2v) is 6.23. The highest BCUT2D eigenvalue weighted by atomic mass is 16.3. The van der Waals surface area contributed by atoms with Crippen molar-refractivity contribution in [2.75, 3.05) is 27.2 Å². The van der Waals surface area contributed by atoms with Gasteiger partial charge in [-0.25, -0.2) is 0 Å². The topological polar surface area (TPSA) is 85.8 Å². The second kappa shape index (κ2) is 10.9. The van der Waals surface area contributed by atoms with E-state index in [-0.39, 0.29) is 5.91 Å². The SMILES string of the molecule is CN=C(NCCCc1ccc(O)cc1)NCCc1cccc(C(=O)NC)c1. The van der Waals surface area contributed by atoms with Crippen LogP contribution in [0.25, 0.3) is 0 Å². The minimum Gasteiger partial charge on any atom is -0.508 e. The van der Waals surface area contributed by atoms with E-state index in [9.17, 15) is 9.90 Å². The lowest BCUT2D eigenvalue weighted by Crippen LogP contribution is -2.38. The number of aryl methyl sites for hydroxylation is 1. The summed E-state index contributed by atoms with van der Waals surface area (Å²) in [6.07, 6.45) is 2.72. The van der Waals surface area contributed by atoms with Gasteiger partial charge in [0.15, 0.2) is 5.96 Å². The fourth-order valence-corrected chi connectivity index (χ4v) is 2.72. The molecule has 0 bridgehead atoms. The monoisotopic (exact) mass is 368 g/mol. The predicted octanol–water partition coefficient (Wildman–Crippen LogP) is 2.09. The molecule has 0 aliphatic carbocycles. The van der Waals surface area contributed by atoms with Gasteiger partial charge in [-0.05, 0) is 54.7 Å². The van der Waals surface area contributed by atoms with Crippen LogP contribution in [0.3, 0.4) is 0 Å². The third kappa shape index (κ3) is 7.01. The van der Waals surface area contributed by atoms with Crippen LogP contribution in [-0.4, -0.2) is 44.2 Å². The van der Waals surface area contributed by atoms with Gasteiger partial charge in [-0.2, -0.15) is 0 Å². The second-order valence-electron chi connectivity index (χ2n) is 6.23. The molecule has 4 N–H and O–H groups in total. The number of carbonyl (C=O) groups is 1. The van der Waals surface area contributed by atoms with Crippen molar-refractivity contribution in [2.24, 2.45) is 4.99 Å². The number of nitrogens with one attached hydrogen (secondary N) is 3. The number of benzene rings is 2. The molecular weight excluding hydrogens is 340 g/mol. The van der Waals surface area contributed by atoms with Crippen molar-refractivity contribution in [3.8, 4) is 5.75 Å². The number of aliphatic imine (C=N–C) groups is 1. The van der Waals surface area contributed by atoms with Crippen molar-refractivity contribution >= 4 is 11.9 Å². The van der Waals surface area contributed by atoms with Crippen LogP contribution in [-0.2, 0) is 12.8 Å². The molecule has 0 aliphatic heterocycles. The zero-order valence-electron chi connectivity index (χ0n) is 16.0. The van der Waals surface area contributed by atoms with E-state index < -0.39 is 0 Å². The van der Waals surface area contributed by atoms with Crippen molar-refractivity contribution in [3.63, 3.8) is 0 Å². The van der Waals surface area contributed by atoms with E-state index in [2.05, 4.69) is 20.9 Å². The van der Waals surface area contributed by atoms with E-state index in [0.717, 1.165) is 43.9 Å². The molecular formula is C21H28N4O2. The highest BCUT2D eigenvalue weighted by molar-refractivity contribution is 5.94. The number of hydrogen-bond acceptors (Lipinski definition) is 3. The third-order valence-electron chi connectivity index (χ3n) is 4.22. The van der Waals surface area contributed by atoms with Crippen molar-refractivity contribution in [1.29, 1.82) is 0 Å². The van der Waals surface area contributed by atoms with E-state index in [1.54, 1.807) is 26.2 Å². The number of nitrogens with zero attached hydrogens (tertiary/aromatic N) is 1. The molecule has 6 nitrogen and oxygen atoms in total. The largest absolute Gasteiger partial charge is 0.508 e. The Morgan fingerprint density at radius 2 is 1.74 bits per heavy atom. The Labute approximate surface area is 160 Å². The average molecular weight is 368 g/mol.